The number of hydrogen-bond acceptors (Lipinski definition) is 5. The minimum absolute atomic E-state index is 0.0652. The van der Waals surface area contributed by atoms with E-state index in [4.69, 9.17) is 11.1 Å². The summed E-state index contributed by atoms with van der Waals surface area (Å²) in [5, 5.41) is 11.4. The molecule has 0 unspecified atom stereocenters. The molecule has 6 heteroatoms. The minimum atomic E-state index is -0.0652. The maximum atomic E-state index is 7.23. The van der Waals surface area contributed by atoms with E-state index in [1.54, 1.807) is 17.5 Å². The molecule has 2 aromatic heterocycles. The molecule has 0 saturated carbocycles. The van der Waals surface area contributed by atoms with Crippen molar-refractivity contribution in [1.29, 1.82) is 5.41 Å². The van der Waals surface area contributed by atoms with Crippen molar-refractivity contribution in [3.05, 3.63) is 40.5 Å². The molecule has 0 aromatic carbocycles. The molecule has 0 aliphatic rings. The number of rotatable bonds is 4. The summed E-state index contributed by atoms with van der Waals surface area (Å²) in [6, 6.07) is 2.08. The second kappa shape index (κ2) is 4.92. The fourth-order valence-electron chi connectivity index (χ4n) is 1.39. The highest BCUT2D eigenvalue weighted by Gasteiger charge is 2.05. The first-order valence-electron chi connectivity index (χ1n) is 5.05. The Morgan fingerprint density at radius 3 is 2.82 bits per heavy atom. The van der Waals surface area contributed by atoms with E-state index < -0.39 is 0 Å². The molecule has 5 nitrogen and oxygen atoms in total. The van der Waals surface area contributed by atoms with Gasteiger partial charge in [-0.05, 0) is 22.4 Å². The molecular weight excluding hydrogens is 234 g/mol. The van der Waals surface area contributed by atoms with E-state index in [1.165, 1.54) is 11.8 Å². The van der Waals surface area contributed by atoms with Crippen LogP contribution in [0.15, 0.2) is 29.2 Å². The Morgan fingerprint density at radius 2 is 2.29 bits per heavy atom. The normalized spacial score (nSPS) is 10.2. The Labute approximate surface area is 103 Å². The van der Waals surface area contributed by atoms with Crippen molar-refractivity contribution >= 4 is 23.0 Å². The summed E-state index contributed by atoms with van der Waals surface area (Å²) in [5.74, 6) is 0.700. The molecule has 0 saturated heterocycles. The molecule has 88 valence electrons. The van der Waals surface area contributed by atoms with Crippen molar-refractivity contribution in [3.8, 4) is 0 Å². The van der Waals surface area contributed by atoms with Crippen molar-refractivity contribution in [2.24, 2.45) is 5.73 Å². The smallest absolute Gasteiger partial charge is 0.147 e. The molecule has 2 aromatic rings. The molecule has 0 bridgehead atoms. The van der Waals surface area contributed by atoms with E-state index in [9.17, 15) is 0 Å². The molecule has 0 amide bonds. The number of amidine groups is 1. The first-order chi connectivity index (χ1) is 8.16. The monoisotopic (exact) mass is 247 g/mol. The molecule has 0 aliphatic carbocycles. The number of nitrogens with zero attached hydrogens (tertiary/aromatic N) is 3. The Morgan fingerprint density at radius 1 is 1.47 bits per heavy atom. The van der Waals surface area contributed by atoms with Crippen molar-refractivity contribution in [1.82, 2.24) is 9.97 Å². The third kappa shape index (κ3) is 2.79. The van der Waals surface area contributed by atoms with Gasteiger partial charge in [0.1, 0.15) is 17.3 Å². The second-order valence-corrected chi connectivity index (χ2v) is 4.44. The topological polar surface area (TPSA) is 78.9 Å². The predicted octanol–water partition coefficient (Wildman–Crippen LogP) is 1.46. The molecule has 17 heavy (non-hydrogen) atoms. The number of aromatic nitrogens is 2. The summed E-state index contributed by atoms with van der Waals surface area (Å²) in [4.78, 5) is 10.3. The average molecular weight is 247 g/mol. The Bertz CT molecular complexity index is 491. The van der Waals surface area contributed by atoms with Gasteiger partial charge in [0.2, 0.25) is 0 Å². The van der Waals surface area contributed by atoms with Gasteiger partial charge in [0, 0.05) is 13.6 Å². The lowest BCUT2D eigenvalue weighted by atomic mass is 10.3. The standard InChI is InChI=1S/C11H13N5S/c1-16(6-8-2-3-17-7-8)10-5-14-9(4-15-10)11(12)13/h2-5,7H,6H2,1H3,(H3,12,13). The maximum absolute atomic E-state index is 7.23. The van der Waals surface area contributed by atoms with Crippen LogP contribution in [0.3, 0.4) is 0 Å². The molecule has 0 atom stereocenters. The first-order valence-corrected chi connectivity index (χ1v) is 6.00. The van der Waals surface area contributed by atoms with Gasteiger partial charge >= 0.3 is 0 Å². The second-order valence-electron chi connectivity index (χ2n) is 3.66. The zero-order valence-corrected chi connectivity index (χ0v) is 10.2. The largest absolute Gasteiger partial charge is 0.382 e. The molecule has 0 spiro atoms. The third-order valence-corrected chi connectivity index (χ3v) is 3.04. The van der Waals surface area contributed by atoms with Crippen LogP contribution in [-0.2, 0) is 6.54 Å². The lowest BCUT2D eigenvalue weighted by molar-refractivity contribution is 0.892. The van der Waals surface area contributed by atoms with Crippen LogP contribution in [0.1, 0.15) is 11.3 Å². The Kier molecular flexibility index (Phi) is 3.34. The number of nitrogen functional groups attached to an aromatic ring is 1. The summed E-state index contributed by atoms with van der Waals surface area (Å²) < 4.78 is 0. The van der Waals surface area contributed by atoms with E-state index in [0.29, 0.717) is 5.69 Å². The van der Waals surface area contributed by atoms with Gasteiger partial charge in [-0.25, -0.2) is 9.97 Å². The van der Waals surface area contributed by atoms with Gasteiger partial charge in [0.05, 0.1) is 12.4 Å². The van der Waals surface area contributed by atoms with Crippen LogP contribution in [0, 0.1) is 5.41 Å². The van der Waals surface area contributed by atoms with Crippen molar-refractivity contribution in [3.63, 3.8) is 0 Å². The first kappa shape index (κ1) is 11.5. The maximum Gasteiger partial charge on any atom is 0.147 e. The molecule has 0 aliphatic heterocycles. The summed E-state index contributed by atoms with van der Waals surface area (Å²) in [6.07, 6.45) is 3.14. The zero-order chi connectivity index (χ0) is 12.3. The van der Waals surface area contributed by atoms with Gasteiger partial charge in [0.15, 0.2) is 0 Å². The molecule has 0 fully saturated rings. The van der Waals surface area contributed by atoms with E-state index in [-0.39, 0.29) is 5.84 Å². The quantitative estimate of drug-likeness (QED) is 0.633. The number of thiophene rings is 1. The molecule has 0 radical (unpaired) electrons. The van der Waals surface area contributed by atoms with Crippen LogP contribution < -0.4 is 10.6 Å². The van der Waals surface area contributed by atoms with Gasteiger partial charge in [-0.15, -0.1) is 0 Å². The minimum Gasteiger partial charge on any atom is -0.382 e. The number of anilines is 1. The Hall–Kier alpha value is -1.95. The molecular formula is C11H13N5S. The summed E-state index contributed by atoms with van der Waals surface area (Å²) in [6.45, 7) is 0.789. The van der Waals surface area contributed by atoms with Gasteiger partial charge in [-0.3, -0.25) is 5.41 Å². The van der Waals surface area contributed by atoms with Gasteiger partial charge in [0.25, 0.3) is 0 Å². The highest BCUT2D eigenvalue weighted by atomic mass is 32.1. The van der Waals surface area contributed by atoms with Crippen LogP contribution in [0.4, 0.5) is 5.82 Å². The lowest BCUT2D eigenvalue weighted by Crippen LogP contribution is -2.19. The van der Waals surface area contributed by atoms with Crippen LogP contribution in [-0.4, -0.2) is 22.9 Å². The van der Waals surface area contributed by atoms with Crippen LogP contribution in [0.5, 0.6) is 0 Å². The Balaban J connectivity index is 2.09. The van der Waals surface area contributed by atoms with Crippen molar-refractivity contribution in [2.75, 3.05) is 11.9 Å². The summed E-state index contributed by atoms with van der Waals surface area (Å²) in [7, 11) is 1.95. The van der Waals surface area contributed by atoms with Crippen molar-refractivity contribution in [2.45, 2.75) is 6.54 Å². The molecule has 3 N–H and O–H groups in total. The van der Waals surface area contributed by atoms with Gasteiger partial charge < -0.3 is 10.6 Å². The fourth-order valence-corrected chi connectivity index (χ4v) is 2.05. The van der Waals surface area contributed by atoms with E-state index in [0.717, 1.165) is 12.4 Å². The number of nitrogens with two attached hydrogens (primary N) is 1. The van der Waals surface area contributed by atoms with Crippen molar-refractivity contribution < 1.29 is 0 Å². The third-order valence-electron chi connectivity index (χ3n) is 2.31. The molecule has 2 rings (SSSR count). The van der Waals surface area contributed by atoms with Gasteiger partial charge in [-0.1, -0.05) is 0 Å². The average Bonchev–Trinajstić information content (AvgIpc) is 2.82. The SMILES string of the molecule is CN(Cc1ccsc1)c1cnc(C(=N)N)cn1. The summed E-state index contributed by atoms with van der Waals surface area (Å²) >= 11 is 1.68. The number of nitrogens with one attached hydrogen (secondary N) is 1. The summed E-state index contributed by atoms with van der Waals surface area (Å²) in [5.41, 5.74) is 6.96. The fraction of sp³-hybridized carbons (Fsp3) is 0.182. The van der Waals surface area contributed by atoms with Crippen LogP contribution in [0.2, 0.25) is 0 Å². The van der Waals surface area contributed by atoms with Gasteiger partial charge in [-0.2, -0.15) is 11.3 Å². The van der Waals surface area contributed by atoms with E-state index in [2.05, 4.69) is 21.4 Å². The predicted molar refractivity (Wildman–Crippen MR) is 69.5 cm³/mol. The van der Waals surface area contributed by atoms with E-state index in [1.807, 2.05) is 17.3 Å². The zero-order valence-electron chi connectivity index (χ0n) is 9.42. The molecule has 2 heterocycles. The van der Waals surface area contributed by atoms with Crippen LogP contribution >= 0.6 is 11.3 Å². The highest BCUT2D eigenvalue weighted by Crippen LogP contribution is 2.13. The van der Waals surface area contributed by atoms with E-state index >= 15 is 0 Å². The lowest BCUT2D eigenvalue weighted by Gasteiger charge is -2.16. The van der Waals surface area contributed by atoms with Crippen LogP contribution in [0.25, 0.3) is 0 Å². The number of hydrogen-bond donors (Lipinski definition) is 2. The highest BCUT2D eigenvalue weighted by molar-refractivity contribution is 7.07.